The number of cyclic esters (lactones) is 1. The maximum Gasteiger partial charge on any atom is 0.329 e. The third-order valence-electron chi connectivity index (χ3n) is 14.5. The summed E-state index contributed by atoms with van der Waals surface area (Å²) in [6.07, 6.45) is 4.58. The number of hydrogen-bond donors (Lipinski definition) is 3. The predicted octanol–water partition coefficient (Wildman–Crippen LogP) is 6.01. The van der Waals surface area contributed by atoms with Crippen LogP contribution in [-0.4, -0.2) is 127 Å². The summed E-state index contributed by atoms with van der Waals surface area (Å²) in [6.45, 7) is 13.3. The molecule has 14 heteroatoms. The van der Waals surface area contributed by atoms with Crippen molar-refractivity contribution in [2.24, 2.45) is 29.6 Å². The number of aliphatic hydroxyl groups excluding tert-OH is 2. The first-order chi connectivity index (χ1) is 31.5. The lowest BCUT2D eigenvalue weighted by Gasteiger charge is -2.49. The lowest BCUT2D eigenvalue weighted by Crippen LogP contribution is -2.71. The van der Waals surface area contributed by atoms with Gasteiger partial charge in [-0.25, -0.2) is 4.79 Å². The Bertz CT molecular complexity index is 1900. The third kappa shape index (κ3) is 12.9. The highest BCUT2D eigenvalue weighted by molar-refractivity contribution is 6.40. The van der Waals surface area contributed by atoms with Gasteiger partial charge in [-0.15, -0.1) is 6.58 Å². The molecule has 3 N–H and O–H groups in total. The van der Waals surface area contributed by atoms with Crippen LogP contribution in [0, 0.1) is 29.6 Å². The molecule has 2 bridgehead atoms. The van der Waals surface area contributed by atoms with E-state index in [-0.39, 0.29) is 56.0 Å². The van der Waals surface area contributed by atoms with Gasteiger partial charge in [0, 0.05) is 52.0 Å². The van der Waals surface area contributed by atoms with Crippen LogP contribution in [0.3, 0.4) is 0 Å². The zero-order valence-corrected chi connectivity index (χ0v) is 40.4. The lowest BCUT2D eigenvalue weighted by atomic mass is 9.80. The van der Waals surface area contributed by atoms with Crippen molar-refractivity contribution in [2.45, 2.75) is 166 Å². The van der Waals surface area contributed by atoms with Gasteiger partial charge < -0.3 is 44.1 Å². The van der Waals surface area contributed by atoms with E-state index in [1.807, 2.05) is 44.2 Å². The molecule has 66 heavy (non-hydrogen) atoms. The Balaban J connectivity index is 1.61. The highest BCUT2D eigenvalue weighted by atomic mass is 16.6. The molecule has 1 aromatic carbocycles. The number of amides is 2. The average molecular weight is 921 g/mol. The van der Waals surface area contributed by atoms with E-state index >= 15 is 4.79 Å². The van der Waals surface area contributed by atoms with Crippen LogP contribution in [0.1, 0.15) is 111 Å². The fourth-order valence-corrected chi connectivity index (χ4v) is 10.7. The Labute approximate surface area is 391 Å². The van der Waals surface area contributed by atoms with E-state index in [2.05, 4.69) is 18.8 Å². The molecule has 0 unspecified atom stereocenters. The zero-order valence-electron chi connectivity index (χ0n) is 40.4. The fraction of sp³-hybridized carbons (Fsp3) is 0.673. The van der Waals surface area contributed by atoms with Crippen LogP contribution < -0.4 is 5.32 Å². The molecule has 3 heterocycles. The van der Waals surface area contributed by atoms with E-state index in [1.165, 1.54) is 4.90 Å². The highest BCUT2D eigenvalue weighted by Gasteiger charge is 2.58. The number of fused-ring (bicyclic) bond motifs is 3. The summed E-state index contributed by atoms with van der Waals surface area (Å²) in [4.78, 5) is 74.3. The molecule has 3 aliphatic heterocycles. The van der Waals surface area contributed by atoms with E-state index in [4.69, 9.17) is 23.7 Å². The Morgan fingerprint density at radius 3 is 2.26 bits per heavy atom. The molecule has 2 amide bonds. The van der Waals surface area contributed by atoms with Crippen LogP contribution in [0.25, 0.3) is 0 Å². The van der Waals surface area contributed by atoms with Gasteiger partial charge in [0.2, 0.25) is 11.6 Å². The number of rotatable bonds is 10. The van der Waals surface area contributed by atoms with Crippen molar-refractivity contribution in [3.8, 4) is 0 Å². The predicted molar refractivity (Wildman–Crippen MR) is 249 cm³/mol. The minimum atomic E-state index is -2.16. The first kappa shape index (κ1) is 52.9. The van der Waals surface area contributed by atoms with Gasteiger partial charge in [0.1, 0.15) is 24.0 Å². The molecule has 1 aliphatic carbocycles. The van der Waals surface area contributed by atoms with Crippen molar-refractivity contribution < 1.29 is 57.9 Å². The van der Waals surface area contributed by atoms with Gasteiger partial charge in [0.15, 0.2) is 0 Å². The number of methoxy groups -OCH3 is 3. The molecule has 4 aliphatic rings. The first-order valence-electron chi connectivity index (χ1n) is 24.0. The SMILES string of the molecule is C=CC[C@@H]1/C=C(\C)C[C@H](C)C[C@H](OC)[C@H]2O[C@@](NC(=O)Cc3ccccc3)(C(=O)C(=O)N3CCCC[C@H]3C(=O)O[C@H](/C(C)=C/[C@@H]3CC[C@@H](O)[C@H](OC)C3)[C@H](C)[C@@H](O)CC1=O)[C@H](C)C[C@@H]2OC. The topological polar surface area (TPSA) is 187 Å². The van der Waals surface area contributed by atoms with Crippen LogP contribution in [-0.2, 0) is 54.1 Å². The quantitative estimate of drug-likeness (QED) is 0.141. The fourth-order valence-electron chi connectivity index (χ4n) is 10.7. The van der Waals surface area contributed by atoms with Gasteiger partial charge in [-0.2, -0.15) is 0 Å². The number of hydrogen-bond acceptors (Lipinski definition) is 12. The Morgan fingerprint density at radius 2 is 1.59 bits per heavy atom. The van der Waals surface area contributed by atoms with Crippen molar-refractivity contribution in [3.05, 3.63) is 71.8 Å². The minimum Gasteiger partial charge on any atom is -0.456 e. The smallest absolute Gasteiger partial charge is 0.329 e. The maximum atomic E-state index is 15.2. The van der Waals surface area contributed by atoms with Crippen molar-refractivity contribution in [2.75, 3.05) is 27.9 Å². The number of esters is 1. The third-order valence-corrected chi connectivity index (χ3v) is 14.5. The van der Waals surface area contributed by atoms with E-state index in [0.29, 0.717) is 62.5 Å². The van der Waals surface area contributed by atoms with E-state index in [0.717, 1.165) is 5.57 Å². The summed E-state index contributed by atoms with van der Waals surface area (Å²) >= 11 is 0. The second kappa shape index (κ2) is 24.3. The molecule has 0 spiro atoms. The van der Waals surface area contributed by atoms with Crippen LogP contribution in [0.5, 0.6) is 0 Å². The first-order valence-corrected chi connectivity index (χ1v) is 24.0. The number of piperidine rings is 1. The van der Waals surface area contributed by atoms with Crippen molar-refractivity contribution in [3.63, 3.8) is 0 Å². The number of ether oxygens (including phenoxy) is 5. The van der Waals surface area contributed by atoms with Crippen molar-refractivity contribution >= 4 is 29.4 Å². The van der Waals surface area contributed by atoms with Gasteiger partial charge >= 0.3 is 5.97 Å². The number of allylic oxidation sites excluding steroid dienone is 4. The molecule has 1 aromatic rings. The second-order valence-corrected chi connectivity index (χ2v) is 19.5. The largest absolute Gasteiger partial charge is 0.456 e. The molecule has 0 radical (unpaired) electrons. The molecule has 5 rings (SSSR count). The van der Waals surface area contributed by atoms with Crippen molar-refractivity contribution in [1.82, 2.24) is 10.2 Å². The summed E-state index contributed by atoms with van der Waals surface area (Å²) in [5.74, 6) is -5.62. The Hall–Kier alpha value is -4.05. The van der Waals surface area contributed by atoms with Gasteiger partial charge in [-0.1, -0.05) is 74.9 Å². The van der Waals surface area contributed by atoms with Gasteiger partial charge in [0.25, 0.3) is 11.7 Å². The normalized spacial score (nSPS) is 36.8. The molecule has 1 saturated carbocycles. The van der Waals surface area contributed by atoms with Crippen LogP contribution in [0.15, 0.2) is 66.3 Å². The zero-order chi connectivity index (χ0) is 48.3. The summed E-state index contributed by atoms with van der Waals surface area (Å²) in [6, 6.07) is 7.88. The summed E-state index contributed by atoms with van der Waals surface area (Å²) in [7, 11) is 4.66. The van der Waals surface area contributed by atoms with Crippen LogP contribution in [0.2, 0.25) is 0 Å². The molecule has 0 aromatic heterocycles. The van der Waals surface area contributed by atoms with E-state index in [1.54, 1.807) is 53.4 Å². The standard InChI is InChI=1S/C52H76N2O12/c1-10-16-38-24-31(2)23-32(3)25-44(63-8)48-45(64-9)27-34(5)52(66-48,53-46(58)29-36-17-12-11-13-18-36)49(59)50(60)54-22-15-14-19-39(54)51(61)65-47(35(6)41(56)30-42(38)57)33(4)26-37-20-21-40(55)43(28-37)62-7/h10-13,17-18,24,26,32,34-35,37-41,43-45,47-48,55-56H,1,14-16,19-23,25,27-30H2,2-9H3,(H,53,58)/b31-24+,33-26+/t32-,34+,35+,37-,38+,39-,40+,41-,43+,44-,45-,47+,48+,52+/m0/s1. The lowest BCUT2D eigenvalue weighted by molar-refractivity contribution is -0.242. The number of nitrogens with zero attached hydrogens (tertiary/aromatic N) is 1. The van der Waals surface area contributed by atoms with E-state index < -0.39 is 89.7 Å². The Kier molecular flexibility index (Phi) is 19.5. The molecule has 366 valence electrons. The number of Topliss-reactive ketones (excluding diaryl/α,β-unsaturated/α-hetero) is 2. The van der Waals surface area contributed by atoms with Crippen LogP contribution in [0.4, 0.5) is 0 Å². The van der Waals surface area contributed by atoms with Crippen LogP contribution >= 0.6 is 0 Å². The molecular weight excluding hydrogens is 845 g/mol. The summed E-state index contributed by atoms with van der Waals surface area (Å²) < 4.78 is 30.9. The second-order valence-electron chi connectivity index (χ2n) is 19.5. The number of aliphatic hydroxyl groups is 2. The number of benzene rings is 1. The van der Waals surface area contributed by atoms with Crippen molar-refractivity contribution in [1.29, 1.82) is 0 Å². The molecule has 2 saturated heterocycles. The van der Waals surface area contributed by atoms with Gasteiger partial charge in [0.05, 0.1) is 36.9 Å². The maximum absolute atomic E-state index is 15.2. The summed E-state index contributed by atoms with van der Waals surface area (Å²) in [5, 5.41) is 25.3. The average Bonchev–Trinajstić information content (AvgIpc) is 3.30. The number of nitrogens with one attached hydrogen (secondary N) is 1. The number of ketones is 2. The molecule has 14 atom stereocenters. The van der Waals surface area contributed by atoms with E-state index in [9.17, 15) is 29.4 Å². The number of carbonyl (C=O) groups is 5. The van der Waals surface area contributed by atoms with Gasteiger partial charge in [-0.3, -0.25) is 19.2 Å². The molecule has 3 fully saturated rings. The molecule has 14 nitrogen and oxygen atoms in total. The summed E-state index contributed by atoms with van der Waals surface area (Å²) in [5.41, 5.74) is 0.133. The highest BCUT2D eigenvalue weighted by Crippen LogP contribution is 2.40. The Morgan fingerprint density at radius 1 is 0.909 bits per heavy atom. The minimum absolute atomic E-state index is 0.0235. The monoisotopic (exact) mass is 921 g/mol. The van der Waals surface area contributed by atoms with Gasteiger partial charge in [-0.05, 0) is 101 Å². The number of carbonyl (C=O) groups excluding carboxylic acids is 5. The molecular formula is C52H76N2O12.